The molecule has 6 heteroatoms. The van der Waals surface area contributed by atoms with Gasteiger partial charge in [0.1, 0.15) is 5.75 Å². The highest BCUT2D eigenvalue weighted by Gasteiger charge is 2.23. The maximum absolute atomic E-state index is 12.1. The fraction of sp³-hybridized carbons (Fsp3) is 0.562. The SMILES string of the molecule is CC(O)CC(C)(C)CNC(=O)C(C)Oc1ccc(Cl)c(Cl)c1. The molecule has 0 heterocycles. The number of benzene rings is 1. The Labute approximate surface area is 141 Å². The van der Waals surface area contributed by atoms with Crippen molar-refractivity contribution in [1.82, 2.24) is 5.32 Å². The predicted molar refractivity (Wildman–Crippen MR) is 89.6 cm³/mol. The Hall–Kier alpha value is -0.970. The molecule has 124 valence electrons. The van der Waals surface area contributed by atoms with E-state index in [1.54, 1.807) is 32.0 Å². The molecule has 1 aromatic carbocycles. The lowest BCUT2D eigenvalue weighted by Gasteiger charge is -2.27. The molecular formula is C16H23Cl2NO3. The number of halogens is 2. The van der Waals surface area contributed by atoms with Crippen LogP contribution in [-0.2, 0) is 4.79 Å². The molecule has 0 aliphatic heterocycles. The minimum Gasteiger partial charge on any atom is -0.481 e. The topological polar surface area (TPSA) is 58.6 Å². The highest BCUT2D eigenvalue weighted by molar-refractivity contribution is 6.42. The molecule has 4 nitrogen and oxygen atoms in total. The van der Waals surface area contributed by atoms with Crippen molar-refractivity contribution in [2.75, 3.05) is 6.54 Å². The van der Waals surface area contributed by atoms with Gasteiger partial charge in [-0.3, -0.25) is 4.79 Å². The Morgan fingerprint density at radius 1 is 1.32 bits per heavy atom. The normalized spacial score (nSPS) is 14.3. The standard InChI is InChI=1S/C16H23Cl2NO3/c1-10(20)8-16(3,4)9-19-15(21)11(2)22-12-5-6-13(17)14(18)7-12/h5-7,10-11,20H,8-9H2,1-4H3,(H,19,21). The molecule has 0 saturated carbocycles. The van der Waals surface area contributed by atoms with Gasteiger partial charge in [0.2, 0.25) is 0 Å². The summed E-state index contributed by atoms with van der Waals surface area (Å²) in [5, 5.41) is 13.1. The summed E-state index contributed by atoms with van der Waals surface area (Å²) in [5.74, 6) is 0.269. The van der Waals surface area contributed by atoms with Crippen LogP contribution in [0.15, 0.2) is 18.2 Å². The van der Waals surface area contributed by atoms with Crippen LogP contribution in [0, 0.1) is 5.41 Å². The summed E-state index contributed by atoms with van der Waals surface area (Å²) in [4.78, 5) is 12.1. The second kappa shape index (κ2) is 8.04. The quantitative estimate of drug-likeness (QED) is 0.790. The van der Waals surface area contributed by atoms with Crippen molar-refractivity contribution in [3.63, 3.8) is 0 Å². The molecule has 1 amide bonds. The molecule has 1 rings (SSSR count). The van der Waals surface area contributed by atoms with Gasteiger partial charge in [-0.25, -0.2) is 0 Å². The van der Waals surface area contributed by atoms with Crippen molar-refractivity contribution in [1.29, 1.82) is 0 Å². The number of nitrogens with one attached hydrogen (secondary N) is 1. The zero-order chi connectivity index (χ0) is 16.9. The molecule has 22 heavy (non-hydrogen) atoms. The van der Waals surface area contributed by atoms with Crippen molar-refractivity contribution in [3.05, 3.63) is 28.2 Å². The molecule has 2 N–H and O–H groups in total. The van der Waals surface area contributed by atoms with E-state index in [2.05, 4.69) is 5.32 Å². The Balaban J connectivity index is 2.53. The molecular weight excluding hydrogens is 325 g/mol. The third kappa shape index (κ3) is 6.42. The van der Waals surface area contributed by atoms with E-state index in [-0.39, 0.29) is 11.3 Å². The van der Waals surface area contributed by atoms with Crippen LogP contribution in [0.3, 0.4) is 0 Å². The maximum atomic E-state index is 12.1. The number of ether oxygens (including phenoxy) is 1. The van der Waals surface area contributed by atoms with E-state index in [9.17, 15) is 9.90 Å². The van der Waals surface area contributed by atoms with Crippen LogP contribution < -0.4 is 10.1 Å². The fourth-order valence-electron chi connectivity index (χ4n) is 2.15. The minimum atomic E-state index is -0.653. The number of amides is 1. The van der Waals surface area contributed by atoms with Crippen LogP contribution in [-0.4, -0.2) is 29.8 Å². The van der Waals surface area contributed by atoms with Crippen LogP contribution >= 0.6 is 23.2 Å². The van der Waals surface area contributed by atoms with Crippen LogP contribution in [0.1, 0.15) is 34.1 Å². The number of hydrogen-bond donors (Lipinski definition) is 2. The number of rotatable bonds is 7. The second-order valence-electron chi connectivity index (χ2n) is 6.27. The first-order valence-electron chi connectivity index (χ1n) is 7.18. The molecule has 0 saturated heterocycles. The number of hydrogen-bond acceptors (Lipinski definition) is 3. The van der Waals surface area contributed by atoms with Gasteiger partial charge < -0.3 is 15.2 Å². The molecule has 2 unspecified atom stereocenters. The first-order valence-corrected chi connectivity index (χ1v) is 7.94. The van der Waals surface area contributed by atoms with Crippen molar-refractivity contribution in [3.8, 4) is 5.75 Å². The van der Waals surface area contributed by atoms with E-state index in [0.717, 1.165) is 0 Å². The number of carbonyl (C=O) groups is 1. The van der Waals surface area contributed by atoms with E-state index in [1.807, 2.05) is 13.8 Å². The third-order valence-corrected chi connectivity index (χ3v) is 3.90. The third-order valence-electron chi connectivity index (χ3n) is 3.16. The summed E-state index contributed by atoms with van der Waals surface area (Å²) in [6, 6.07) is 4.86. The summed E-state index contributed by atoms with van der Waals surface area (Å²) in [5.41, 5.74) is -0.187. The maximum Gasteiger partial charge on any atom is 0.260 e. The van der Waals surface area contributed by atoms with Gasteiger partial charge in [-0.1, -0.05) is 37.0 Å². The number of aliphatic hydroxyl groups excluding tert-OH is 1. The van der Waals surface area contributed by atoms with Gasteiger partial charge >= 0.3 is 0 Å². The largest absolute Gasteiger partial charge is 0.481 e. The van der Waals surface area contributed by atoms with E-state index in [4.69, 9.17) is 27.9 Å². The van der Waals surface area contributed by atoms with Gasteiger partial charge in [0.15, 0.2) is 6.10 Å². The summed E-state index contributed by atoms with van der Waals surface area (Å²) >= 11 is 11.7. The molecule has 0 aromatic heterocycles. The van der Waals surface area contributed by atoms with Crippen molar-refractivity contribution >= 4 is 29.1 Å². The summed E-state index contributed by atoms with van der Waals surface area (Å²) < 4.78 is 5.55. The van der Waals surface area contributed by atoms with Crippen LogP contribution in [0.25, 0.3) is 0 Å². The lowest BCUT2D eigenvalue weighted by atomic mass is 9.87. The Morgan fingerprint density at radius 3 is 2.50 bits per heavy atom. The van der Waals surface area contributed by atoms with Gasteiger partial charge in [-0.05, 0) is 37.8 Å². The lowest BCUT2D eigenvalue weighted by molar-refractivity contribution is -0.127. The van der Waals surface area contributed by atoms with Crippen molar-refractivity contribution < 1.29 is 14.6 Å². The Morgan fingerprint density at radius 2 is 1.95 bits per heavy atom. The van der Waals surface area contributed by atoms with E-state index >= 15 is 0 Å². The van der Waals surface area contributed by atoms with Crippen LogP contribution in [0.4, 0.5) is 0 Å². The van der Waals surface area contributed by atoms with Gasteiger partial charge in [0, 0.05) is 12.6 Å². The summed E-state index contributed by atoms with van der Waals surface area (Å²) in [6.45, 7) is 7.85. The molecule has 1 aromatic rings. The van der Waals surface area contributed by atoms with E-state index < -0.39 is 12.2 Å². The monoisotopic (exact) mass is 347 g/mol. The van der Waals surface area contributed by atoms with E-state index in [0.29, 0.717) is 28.8 Å². The van der Waals surface area contributed by atoms with Gasteiger partial charge in [-0.15, -0.1) is 0 Å². The second-order valence-corrected chi connectivity index (χ2v) is 7.09. The number of aliphatic hydroxyl groups is 1. The van der Waals surface area contributed by atoms with Gasteiger partial charge in [-0.2, -0.15) is 0 Å². The zero-order valence-corrected chi connectivity index (χ0v) is 14.8. The summed E-state index contributed by atoms with van der Waals surface area (Å²) in [7, 11) is 0. The first kappa shape index (κ1) is 19.1. The average Bonchev–Trinajstić information content (AvgIpc) is 2.39. The van der Waals surface area contributed by atoms with Crippen molar-refractivity contribution in [2.24, 2.45) is 5.41 Å². The van der Waals surface area contributed by atoms with Crippen molar-refractivity contribution in [2.45, 2.75) is 46.3 Å². The predicted octanol–water partition coefficient (Wildman–Crippen LogP) is 3.67. The molecule has 0 aliphatic carbocycles. The minimum absolute atomic E-state index is 0.187. The molecule has 0 radical (unpaired) electrons. The molecule has 0 bridgehead atoms. The summed E-state index contributed by atoms with van der Waals surface area (Å²) in [6.07, 6.45) is -0.452. The fourth-order valence-corrected chi connectivity index (χ4v) is 2.44. The van der Waals surface area contributed by atoms with Crippen LogP contribution in [0.5, 0.6) is 5.75 Å². The molecule has 0 aliphatic rings. The van der Waals surface area contributed by atoms with Crippen LogP contribution in [0.2, 0.25) is 10.0 Å². The van der Waals surface area contributed by atoms with E-state index in [1.165, 1.54) is 0 Å². The van der Waals surface area contributed by atoms with Gasteiger partial charge in [0.05, 0.1) is 16.1 Å². The molecule has 0 spiro atoms. The Kier molecular flexibility index (Phi) is 6.98. The molecule has 2 atom stereocenters. The highest BCUT2D eigenvalue weighted by atomic mass is 35.5. The Bertz CT molecular complexity index is 518. The average molecular weight is 348 g/mol. The highest BCUT2D eigenvalue weighted by Crippen LogP contribution is 2.27. The molecule has 0 fully saturated rings. The number of carbonyl (C=O) groups excluding carboxylic acids is 1. The van der Waals surface area contributed by atoms with Gasteiger partial charge in [0.25, 0.3) is 5.91 Å². The first-order chi connectivity index (χ1) is 10.1. The zero-order valence-electron chi connectivity index (χ0n) is 13.3. The smallest absolute Gasteiger partial charge is 0.260 e. The lowest BCUT2D eigenvalue weighted by Crippen LogP contribution is -2.41.